The zero-order chi connectivity index (χ0) is 15.7. The number of para-hydroxylation sites is 1. The van der Waals surface area contributed by atoms with Crippen LogP contribution in [0.15, 0.2) is 30.3 Å². The molecule has 21 heavy (non-hydrogen) atoms. The number of ether oxygens (including phenoxy) is 2. The number of carbonyl (C=O) groups excluding carboxylic acids is 1. The molecule has 2 atom stereocenters. The molecule has 0 saturated carbocycles. The molecule has 0 fully saturated rings. The van der Waals surface area contributed by atoms with Crippen LogP contribution < -0.4 is 10.1 Å². The predicted octanol–water partition coefficient (Wildman–Crippen LogP) is 1.31. The number of amides is 1. The Hall–Kier alpha value is -2.08. The Morgan fingerprint density at radius 1 is 1.19 bits per heavy atom. The second-order valence-electron chi connectivity index (χ2n) is 4.70. The van der Waals surface area contributed by atoms with Crippen LogP contribution in [0, 0.1) is 5.92 Å². The van der Waals surface area contributed by atoms with Gasteiger partial charge in [0, 0.05) is 6.04 Å². The van der Waals surface area contributed by atoms with Gasteiger partial charge in [-0.15, -0.1) is 0 Å². The summed E-state index contributed by atoms with van der Waals surface area (Å²) in [5.74, 6) is -1.18. The molecule has 6 heteroatoms. The third-order valence-corrected chi connectivity index (χ3v) is 3.00. The molecule has 0 aliphatic rings. The molecule has 1 aromatic carbocycles. The molecule has 116 valence electrons. The van der Waals surface area contributed by atoms with Crippen LogP contribution in [0.3, 0.4) is 0 Å². The van der Waals surface area contributed by atoms with Crippen molar-refractivity contribution in [3.8, 4) is 5.75 Å². The van der Waals surface area contributed by atoms with E-state index in [9.17, 15) is 9.59 Å². The number of nitrogens with one attached hydrogen (secondary N) is 1. The van der Waals surface area contributed by atoms with E-state index in [1.165, 1.54) is 0 Å². The van der Waals surface area contributed by atoms with Crippen molar-refractivity contribution < 1.29 is 24.2 Å². The summed E-state index contributed by atoms with van der Waals surface area (Å²) in [6.07, 6.45) is 0. The summed E-state index contributed by atoms with van der Waals surface area (Å²) in [4.78, 5) is 22.3. The third kappa shape index (κ3) is 6.76. The minimum atomic E-state index is -0.944. The van der Waals surface area contributed by atoms with Gasteiger partial charge in [0.15, 0.2) is 0 Å². The Kier molecular flexibility index (Phi) is 7.25. The minimum Gasteiger partial charge on any atom is -0.491 e. The van der Waals surface area contributed by atoms with E-state index in [1.807, 2.05) is 30.3 Å². The monoisotopic (exact) mass is 295 g/mol. The molecular formula is C15H21NO5. The number of carbonyl (C=O) groups is 2. The van der Waals surface area contributed by atoms with E-state index in [4.69, 9.17) is 14.6 Å². The van der Waals surface area contributed by atoms with E-state index >= 15 is 0 Å². The van der Waals surface area contributed by atoms with Crippen molar-refractivity contribution in [3.05, 3.63) is 30.3 Å². The van der Waals surface area contributed by atoms with Gasteiger partial charge in [0.1, 0.15) is 19.0 Å². The number of hydrogen-bond acceptors (Lipinski definition) is 4. The first-order chi connectivity index (χ1) is 10.0. The Bertz CT molecular complexity index is 449. The van der Waals surface area contributed by atoms with Crippen LogP contribution in [-0.2, 0) is 14.3 Å². The van der Waals surface area contributed by atoms with Gasteiger partial charge in [-0.25, -0.2) is 0 Å². The minimum absolute atomic E-state index is 0.116. The van der Waals surface area contributed by atoms with Crippen molar-refractivity contribution >= 4 is 11.9 Å². The van der Waals surface area contributed by atoms with Gasteiger partial charge in [-0.2, -0.15) is 0 Å². The summed E-state index contributed by atoms with van der Waals surface area (Å²) in [7, 11) is 0. The first kappa shape index (κ1) is 17.0. The van der Waals surface area contributed by atoms with Crippen LogP contribution in [0.1, 0.15) is 13.8 Å². The molecule has 0 saturated heterocycles. The lowest BCUT2D eigenvalue weighted by atomic mass is 10.0. The summed E-state index contributed by atoms with van der Waals surface area (Å²) in [6, 6.07) is 8.86. The molecule has 0 bridgehead atoms. The van der Waals surface area contributed by atoms with Crippen LogP contribution in [-0.4, -0.2) is 42.8 Å². The average molecular weight is 295 g/mol. The summed E-state index contributed by atoms with van der Waals surface area (Å²) >= 11 is 0. The van der Waals surface area contributed by atoms with E-state index in [1.54, 1.807) is 13.8 Å². The second-order valence-corrected chi connectivity index (χ2v) is 4.70. The summed E-state index contributed by atoms with van der Waals surface area (Å²) in [6.45, 7) is 3.70. The fourth-order valence-electron chi connectivity index (χ4n) is 1.53. The molecule has 0 aromatic heterocycles. The van der Waals surface area contributed by atoms with Gasteiger partial charge in [-0.05, 0) is 26.0 Å². The van der Waals surface area contributed by atoms with Crippen molar-refractivity contribution in [2.45, 2.75) is 19.9 Å². The van der Waals surface area contributed by atoms with E-state index < -0.39 is 17.9 Å². The van der Waals surface area contributed by atoms with Crippen molar-refractivity contribution in [1.29, 1.82) is 0 Å². The third-order valence-electron chi connectivity index (χ3n) is 3.00. The fraction of sp³-hybridized carbons (Fsp3) is 0.467. The Balaban J connectivity index is 2.12. The fourth-order valence-corrected chi connectivity index (χ4v) is 1.53. The Morgan fingerprint density at radius 2 is 1.86 bits per heavy atom. The Labute approximate surface area is 124 Å². The van der Waals surface area contributed by atoms with Crippen molar-refractivity contribution in [2.75, 3.05) is 19.8 Å². The number of carboxylic acid groups (broad SMARTS) is 1. The molecular weight excluding hydrogens is 274 g/mol. The van der Waals surface area contributed by atoms with Gasteiger partial charge in [-0.3, -0.25) is 9.59 Å². The zero-order valence-electron chi connectivity index (χ0n) is 12.2. The maximum atomic E-state index is 11.5. The van der Waals surface area contributed by atoms with Gasteiger partial charge >= 0.3 is 5.97 Å². The first-order valence-electron chi connectivity index (χ1n) is 6.78. The number of hydrogen-bond donors (Lipinski definition) is 2. The number of rotatable bonds is 9. The normalized spacial score (nSPS) is 13.2. The highest BCUT2D eigenvalue weighted by atomic mass is 16.5. The van der Waals surface area contributed by atoms with Gasteiger partial charge in [0.2, 0.25) is 5.91 Å². The predicted molar refractivity (Wildman–Crippen MR) is 77.2 cm³/mol. The number of benzene rings is 1. The second kappa shape index (κ2) is 8.97. The van der Waals surface area contributed by atoms with Crippen LogP contribution >= 0.6 is 0 Å². The lowest BCUT2D eigenvalue weighted by Gasteiger charge is -2.17. The highest BCUT2D eigenvalue weighted by Gasteiger charge is 2.20. The van der Waals surface area contributed by atoms with Crippen molar-refractivity contribution in [3.63, 3.8) is 0 Å². The molecule has 0 aliphatic carbocycles. The van der Waals surface area contributed by atoms with Crippen LogP contribution in [0.25, 0.3) is 0 Å². The molecule has 2 unspecified atom stereocenters. The van der Waals surface area contributed by atoms with Crippen LogP contribution in [0.2, 0.25) is 0 Å². The molecule has 2 N–H and O–H groups in total. The Morgan fingerprint density at radius 3 is 2.48 bits per heavy atom. The van der Waals surface area contributed by atoms with E-state index in [-0.39, 0.29) is 19.1 Å². The summed E-state index contributed by atoms with van der Waals surface area (Å²) in [5, 5.41) is 11.4. The lowest BCUT2D eigenvalue weighted by molar-refractivity contribution is -0.142. The number of carboxylic acids is 1. The molecule has 0 spiro atoms. The average Bonchev–Trinajstić information content (AvgIpc) is 2.47. The van der Waals surface area contributed by atoms with Crippen molar-refractivity contribution in [1.82, 2.24) is 5.32 Å². The lowest BCUT2D eigenvalue weighted by Crippen LogP contribution is -2.41. The highest BCUT2D eigenvalue weighted by Crippen LogP contribution is 2.07. The van der Waals surface area contributed by atoms with E-state index in [2.05, 4.69) is 5.32 Å². The summed E-state index contributed by atoms with van der Waals surface area (Å²) < 4.78 is 10.6. The molecule has 0 aliphatic heterocycles. The summed E-state index contributed by atoms with van der Waals surface area (Å²) in [5.41, 5.74) is 0. The van der Waals surface area contributed by atoms with Gasteiger partial charge < -0.3 is 19.9 Å². The quantitative estimate of drug-likeness (QED) is 0.671. The van der Waals surface area contributed by atoms with Crippen molar-refractivity contribution in [2.24, 2.45) is 5.92 Å². The molecule has 1 aromatic rings. The zero-order valence-corrected chi connectivity index (χ0v) is 12.2. The number of aliphatic carboxylic acids is 1. The maximum Gasteiger partial charge on any atom is 0.308 e. The standard InChI is InChI=1S/C15H21NO5/c1-11(15(18)19)12(2)16-14(17)10-20-8-9-21-13-6-4-3-5-7-13/h3-7,11-12H,8-10H2,1-2H3,(H,16,17)(H,18,19). The van der Waals surface area contributed by atoms with E-state index in [0.717, 1.165) is 5.75 Å². The molecule has 1 rings (SSSR count). The topological polar surface area (TPSA) is 84.9 Å². The smallest absolute Gasteiger partial charge is 0.308 e. The maximum absolute atomic E-state index is 11.5. The van der Waals surface area contributed by atoms with Gasteiger partial charge in [0.25, 0.3) is 0 Å². The molecule has 1 amide bonds. The first-order valence-corrected chi connectivity index (χ1v) is 6.78. The largest absolute Gasteiger partial charge is 0.491 e. The van der Waals surface area contributed by atoms with E-state index in [0.29, 0.717) is 6.61 Å². The molecule has 6 nitrogen and oxygen atoms in total. The van der Waals surface area contributed by atoms with Gasteiger partial charge in [-0.1, -0.05) is 18.2 Å². The van der Waals surface area contributed by atoms with Crippen LogP contribution in [0.4, 0.5) is 0 Å². The molecule has 0 radical (unpaired) electrons. The van der Waals surface area contributed by atoms with Gasteiger partial charge in [0.05, 0.1) is 12.5 Å². The molecule has 0 heterocycles. The SMILES string of the molecule is CC(NC(=O)COCCOc1ccccc1)C(C)C(=O)O. The van der Waals surface area contributed by atoms with Crippen LogP contribution in [0.5, 0.6) is 5.75 Å². The highest BCUT2D eigenvalue weighted by molar-refractivity contribution is 5.78.